The predicted molar refractivity (Wildman–Crippen MR) is 111 cm³/mol. The molecule has 2 aromatic heterocycles. The van der Waals surface area contributed by atoms with Gasteiger partial charge in [0, 0.05) is 11.9 Å². The van der Waals surface area contributed by atoms with Crippen molar-refractivity contribution in [1.29, 1.82) is 0 Å². The molecule has 156 valence electrons. The van der Waals surface area contributed by atoms with Crippen LogP contribution in [0.1, 0.15) is 34.5 Å². The number of carbonyl (C=O) groups excluding carboxylic acids is 2. The third-order valence-corrected chi connectivity index (χ3v) is 5.23. The van der Waals surface area contributed by atoms with Crippen LogP contribution in [0.25, 0.3) is 11.0 Å². The Kier molecular flexibility index (Phi) is 5.22. The van der Waals surface area contributed by atoms with E-state index < -0.39 is 23.5 Å². The summed E-state index contributed by atoms with van der Waals surface area (Å²) in [5.74, 6) is -0.473. The van der Waals surface area contributed by atoms with Crippen LogP contribution in [0.5, 0.6) is 0 Å². The van der Waals surface area contributed by atoms with Gasteiger partial charge in [-0.05, 0) is 58.3 Å². The minimum atomic E-state index is -0.797. The van der Waals surface area contributed by atoms with Crippen molar-refractivity contribution in [2.24, 2.45) is 0 Å². The Labute approximate surface area is 174 Å². The van der Waals surface area contributed by atoms with E-state index in [1.54, 1.807) is 31.2 Å². The lowest BCUT2D eigenvalue weighted by Gasteiger charge is -2.25. The van der Waals surface area contributed by atoms with E-state index in [2.05, 4.69) is 0 Å². The lowest BCUT2D eigenvalue weighted by Crippen LogP contribution is -2.33. The Morgan fingerprint density at radius 3 is 2.60 bits per heavy atom. The number of aliphatic hydroxyl groups is 1. The largest absolute Gasteiger partial charge is 0.503 e. The van der Waals surface area contributed by atoms with Gasteiger partial charge in [0.05, 0.1) is 5.57 Å². The van der Waals surface area contributed by atoms with Gasteiger partial charge in [0.25, 0.3) is 5.91 Å². The highest BCUT2D eigenvalue weighted by molar-refractivity contribution is 6.15. The predicted octanol–water partition coefficient (Wildman–Crippen LogP) is 3.86. The van der Waals surface area contributed by atoms with Crippen LogP contribution in [0.4, 0.5) is 0 Å². The van der Waals surface area contributed by atoms with Gasteiger partial charge < -0.3 is 23.7 Å². The summed E-state index contributed by atoms with van der Waals surface area (Å²) < 4.78 is 11.5. The third-order valence-electron chi connectivity index (χ3n) is 5.23. The van der Waals surface area contributed by atoms with Crippen molar-refractivity contribution in [3.8, 4) is 0 Å². The SMILES string of the molecule is Cc1ccc([C@@H]2C(C(=O)c3cc4ccccc4o3)=C(O)C(=O)N2CCCN(C)C)o1. The van der Waals surface area contributed by atoms with Gasteiger partial charge in [-0.15, -0.1) is 0 Å². The Bertz CT molecular complexity index is 1100. The molecule has 0 bridgehead atoms. The summed E-state index contributed by atoms with van der Waals surface area (Å²) in [5, 5.41) is 11.4. The molecule has 0 aliphatic carbocycles. The molecule has 0 saturated carbocycles. The second-order valence-electron chi connectivity index (χ2n) is 7.75. The molecule has 7 heteroatoms. The van der Waals surface area contributed by atoms with E-state index in [0.29, 0.717) is 30.1 Å². The molecule has 0 spiro atoms. The smallest absolute Gasteiger partial charge is 0.290 e. The Morgan fingerprint density at radius 2 is 1.93 bits per heavy atom. The molecule has 30 heavy (non-hydrogen) atoms. The zero-order chi connectivity index (χ0) is 21.4. The number of rotatable bonds is 7. The van der Waals surface area contributed by atoms with Crippen LogP contribution in [-0.4, -0.2) is 53.8 Å². The fourth-order valence-electron chi connectivity index (χ4n) is 3.80. The van der Waals surface area contributed by atoms with E-state index in [1.165, 1.54) is 4.90 Å². The van der Waals surface area contributed by atoms with Crippen LogP contribution in [-0.2, 0) is 4.79 Å². The maximum atomic E-state index is 13.4. The summed E-state index contributed by atoms with van der Waals surface area (Å²) in [6.07, 6.45) is 0.689. The van der Waals surface area contributed by atoms with Crippen LogP contribution in [0, 0.1) is 6.92 Å². The molecule has 0 fully saturated rings. The molecule has 1 aliphatic rings. The van der Waals surface area contributed by atoms with E-state index in [9.17, 15) is 14.7 Å². The fourth-order valence-corrected chi connectivity index (χ4v) is 3.80. The Morgan fingerprint density at radius 1 is 1.17 bits per heavy atom. The van der Waals surface area contributed by atoms with Crippen LogP contribution in [0.3, 0.4) is 0 Å². The molecular formula is C23H24N2O5. The monoisotopic (exact) mass is 408 g/mol. The number of amides is 1. The topological polar surface area (TPSA) is 87.1 Å². The molecule has 0 unspecified atom stereocenters. The van der Waals surface area contributed by atoms with Crippen molar-refractivity contribution < 1.29 is 23.5 Å². The number of ketones is 1. The second-order valence-corrected chi connectivity index (χ2v) is 7.75. The molecule has 1 N–H and O–H groups in total. The zero-order valence-electron chi connectivity index (χ0n) is 17.2. The van der Waals surface area contributed by atoms with Gasteiger partial charge in [0.2, 0.25) is 5.78 Å². The van der Waals surface area contributed by atoms with Crippen LogP contribution >= 0.6 is 0 Å². The quantitative estimate of drug-likeness (QED) is 0.597. The minimum Gasteiger partial charge on any atom is -0.503 e. The Balaban J connectivity index is 1.73. The summed E-state index contributed by atoms with van der Waals surface area (Å²) in [6.45, 7) is 2.94. The fraction of sp³-hybridized carbons (Fsp3) is 0.304. The lowest BCUT2D eigenvalue weighted by atomic mass is 9.99. The second kappa shape index (κ2) is 7.84. The number of hydrogen-bond donors (Lipinski definition) is 1. The maximum Gasteiger partial charge on any atom is 0.290 e. The van der Waals surface area contributed by atoms with E-state index in [1.807, 2.05) is 37.2 Å². The van der Waals surface area contributed by atoms with Crippen molar-refractivity contribution in [2.45, 2.75) is 19.4 Å². The van der Waals surface area contributed by atoms with Crippen LogP contribution in [0.2, 0.25) is 0 Å². The molecule has 3 heterocycles. The molecule has 0 saturated heterocycles. The van der Waals surface area contributed by atoms with Gasteiger partial charge in [-0.1, -0.05) is 18.2 Å². The van der Waals surface area contributed by atoms with Gasteiger partial charge in [-0.3, -0.25) is 9.59 Å². The number of hydrogen-bond acceptors (Lipinski definition) is 6. The summed E-state index contributed by atoms with van der Waals surface area (Å²) in [6, 6.07) is 11.6. The number of benzene rings is 1. The number of Topliss-reactive ketones (excluding diaryl/α,β-unsaturated/α-hetero) is 1. The Hall–Kier alpha value is -3.32. The molecule has 1 aliphatic heterocycles. The van der Waals surface area contributed by atoms with Crippen molar-refractivity contribution in [3.05, 3.63) is 71.1 Å². The number of para-hydroxylation sites is 1. The first-order chi connectivity index (χ1) is 14.4. The van der Waals surface area contributed by atoms with Crippen LogP contribution in [0.15, 0.2) is 62.6 Å². The van der Waals surface area contributed by atoms with Gasteiger partial charge in [0.15, 0.2) is 11.5 Å². The first-order valence-corrected chi connectivity index (χ1v) is 9.85. The summed E-state index contributed by atoms with van der Waals surface area (Å²) in [4.78, 5) is 29.7. The first kappa shape index (κ1) is 20.0. The molecule has 4 rings (SSSR count). The number of aliphatic hydroxyl groups excluding tert-OH is 1. The van der Waals surface area contributed by atoms with Gasteiger partial charge in [-0.25, -0.2) is 0 Å². The van der Waals surface area contributed by atoms with Gasteiger partial charge >= 0.3 is 0 Å². The van der Waals surface area contributed by atoms with E-state index >= 15 is 0 Å². The molecule has 3 aromatic rings. The molecule has 1 atom stereocenters. The number of aryl methyl sites for hydroxylation is 1. The average Bonchev–Trinajstić information content (AvgIpc) is 3.39. The van der Waals surface area contributed by atoms with E-state index in [-0.39, 0.29) is 11.3 Å². The maximum absolute atomic E-state index is 13.4. The molecular weight excluding hydrogens is 384 g/mol. The average molecular weight is 408 g/mol. The number of nitrogens with zero attached hydrogens (tertiary/aromatic N) is 2. The molecule has 1 amide bonds. The standard InChI is InChI=1S/C23H24N2O5/c1-14-9-10-17(29-14)20-19(22(27)23(28)25(20)12-6-11-24(2)3)21(26)18-13-15-7-4-5-8-16(15)30-18/h4-5,7-10,13,20,27H,6,11-12H2,1-3H3/t20-/m1/s1. The van der Waals surface area contributed by atoms with Gasteiger partial charge in [-0.2, -0.15) is 0 Å². The highest BCUT2D eigenvalue weighted by atomic mass is 16.4. The molecule has 7 nitrogen and oxygen atoms in total. The first-order valence-electron chi connectivity index (χ1n) is 9.85. The van der Waals surface area contributed by atoms with Crippen LogP contribution < -0.4 is 0 Å². The zero-order valence-corrected chi connectivity index (χ0v) is 17.2. The molecule has 0 radical (unpaired) electrons. The lowest BCUT2D eigenvalue weighted by molar-refractivity contribution is -0.129. The minimum absolute atomic E-state index is 0.0155. The van der Waals surface area contributed by atoms with Crippen molar-refractivity contribution in [1.82, 2.24) is 9.80 Å². The third kappa shape index (κ3) is 3.52. The highest BCUT2D eigenvalue weighted by Crippen LogP contribution is 2.40. The normalized spacial score (nSPS) is 17.0. The van der Waals surface area contributed by atoms with E-state index in [4.69, 9.17) is 8.83 Å². The highest BCUT2D eigenvalue weighted by Gasteiger charge is 2.45. The summed E-state index contributed by atoms with van der Waals surface area (Å²) in [7, 11) is 3.90. The summed E-state index contributed by atoms with van der Waals surface area (Å²) >= 11 is 0. The van der Waals surface area contributed by atoms with Crippen molar-refractivity contribution in [2.75, 3.05) is 27.2 Å². The van der Waals surface area contributed by atoms with Crippen molar-refractivity contribution in [3.63, 3.8) is 0 Å². The number of carbonyl (C=O) groups is 2. The van der Waals surface area contributed by atoms with Gasteiger partial charge in [0.1, 0.15) is 23.1 Å². The van der Waals surface area contributed by atoms with Crippen molar-refractivity contribution >= 4 is 22.7 Å². The summed E-state index contributed by atoms with van der Waals surface area (Å²) in [5.41, 5.74) is 0.553. The molecule has 1 aromatic carbocycles. The number of fused-ring (bicyclic) bond motifs is 1. The number of furan rings is 2. The van der Waals surface area contributed by atoms with E-state index in [0.717, 1.165) is 11.9 Å².